The van der Waals surface area contributed by atoms with Gasteiger partial charge in [0, 0.05) is 0 Å². The van der Waals surface area contributed by atoms with E-state index in [1.165, 1.54) is 24.0 Å². The maximum absolute atomic E-state index is 3.16. The zero-order chi connectivity index (χ0) is 13.4. The summed E-state index contributed by atoms with van der Waals surface area (Å²) in [5, 5.41) is 0. The molecule has 2 aliphatic carbocycles. The fourth-order valence-corrected chi connectivity index (χ4v) is 2.11. The van der Waals surface area contributed by atoms with E-state index in [2.05, 4.69) is 64.2 Å². The Morgan fingerprint density at radius 2 is 1.14 bits per heavy atom. The van der Waals surface area contributed by atoms with Gasteiger partial charge in [-0.25, -0.2) is 23.3 Å². The summed E-state index contributed by atoms with van der Waals surface area (Å²) in [4.78, 5) is 0. The van der Waals surface area contributed by atoms with Gasteiger partial charge in [-0.3, -0.25) is 12.2 Å². The molecule has 0 aromatic heterocycles. The van der Waals surface area contributed by atoms with E-state index >= 15 is 0 Å². The van der Waals surface area contributed by atoms with Crippen LogP contribution >= 0.6 is 24.8 Å². The topological polar surface area (TPSA) is 0 Å². The minimum atomic E-state index is 0. The molecule has 0 saturated carbocycles. The molecule has 0 saturated heterocycles. The van der Waals surface area contributed by atoms with Crippen molar-refractivity contribution in [3.05, 3.63) is 47.6 Å². The largest absolute Gasteiger partial charge is 2.00 e. The SMILES string of the molecule is CC(C)CC1=CC[C-]=C1.CC(C)CC1=CC[C-]=C1.Cl.Cl.[Zr+2]. The molecule has 2 aliphatic rings. The summed E-state index contributed by atoms with van der Waals surface area (Å²) in [5.74, 6) is 1.57. The fourth-order valence-electron chi connectivity index (χ4n) is 2.11. The number of allylic oxidation sites excluding steroid dienone is 8. The monoisotopic (exact) mass is 404 g/mol. The van der Waals surface area contributed by atoms with E-state index in [9.17, 15) is 0 Å². The van der Waals surface area contributed by atoms with Crippen molar-refractivity contribution in [1.82, 2.24) is 0 Å². The number of hydrogen-bond donors (Lipinski definition) is 0. The standard InChI is InChI=1S/2C9H13.2ClH.Zr/c2*1-8(2)7-9-5-3-4-6-9;;;/h2*5-6,8H,3,7H2,1-2H3;2*1H;/q2*-1;;;+2. The molecule has 2 rings (SSSR count). The van der Waals surface area contributed by atoms with Gasteiger partial charge in [-0.1, -0.05) is 52.4 Å². The Bertz CT molecular complexity index is 327. The van der Waals surface area contributed by atoms with Crippen LogP contribution < -0.4 is 0 Å². The van der Waals surface area contributed by atoms with Crippen molar-refractivity contribution >= 4 is 24.8 Å². The van der Waals surface area contributed by atoms with Gasteiger partial charge in [0.25, 0.3) is 0 Å². The van der Waals surface area contributed by atoms with Crippen LogP contribution in [0.25, 0.3) is 0 Å². The van der Waals surface area contributed by atoms with Crippen LogP contribution in [0.3, 0.4) is 0 Å². The Hall–Kier alpha value is 0.423. The molecular weight excluding hydrogens is 378 g/mol. The van der Waals surface area contributed by atoms with Crippen LogP contribution in [0.2, 0.25) is 0 Å². The summed E-state index contributed by atoms with van der Waals surface area (Å²) in [5.41, 5.74) is 2.93. The molecule has 0 spiro atoms. The summed E-state index contributed by atoms with van der Waals surface area (Å²) in [6.07, 6.45) is 19.5. The molecule has 0 aromatic carbocycles. The van der Waals surface area contributed by atoms with E-state index in [0.717, 1.165) is 24.7 Å². The molecule has 0 amide bonds. The maximum atomic E-state index is 3.16. The van der Waals surface area contributed by atoms with E-state index in [4.69, 9.17) is 0 Å². The van der Waals surface area contributed by atoms with E-state index in [1.54, 1.807) is 0 Å². The quantitative estimate of drug-likeness (QED) is 0.482. The second kappa shape index (κ2) is 15.3. The molecule has 0 fully saturated rings. The second-order valence-electron chi connectivity index (χ2n) is 5.86. The van der Waals surface area contributed by atoms with Gasteiger partial charge in [0.2, 0.25) is 0 Å². The first kappa shape index (κ1) is 26.3. The van der Waals surface area contributed by atoms with Gasteiger partial charge in [0.1, 0.15) is 0 Å². The van der Waals surface area contributed by atoms with Crippen LogP contribution in [-0.2, 0) is 26.2 Å². The van der Waals surface area contributed by atoms with Gasteiger partial charge in [-0.05, 0) is 0 Å². The van der Waals surface area contributed by atoms with E-state index in [0.29, 0.717) is 0 Å². The van der Waals surface area contributed by atoms with E-state index in [-0.39, 0.29) is 51.0 Å². The maximum Gasteiger partial charge on any atom is 2.00 e. The number of halogens is 2. The van der Waals surface area contributed by atoms with Crippen LogP contribution in [-0.4, -0.2) is 0 Å². The van der Waals surface area contributed by atoms with Crippen LogP contribution in [0.4, 0.5) is 0 Å². The molecule has 0 nitrogen and oxygen atoms in total. The average molecular weight is 407 g/mol. The Morgan fingerprint density at radius 3 is 1.33 bits per heavy atom. The van der Waals surface area contributed by atoms with Gasteiger partial charge in [-0.2, -0.15) is 12.2 Å². The zero-order valence-corrected chi connectivity index (χ0v) is 17.7. The minimum absolute atomic E-state index is 0. The van der Waals surface area contributed by atoms with Crippen LogP contribution in [0.5, 0.6) is 0 Å². The Morgan fingerprint density at radius 1 is 0.810 bits per heavy atom. The van der Waals surface area contributed by atoms with Crippen molar-refractivity contribution in [3.8, 4) is 0 Å². The predicted molar refractivity (Wildman–Crippen MR) is 94.4 cm³/mol. The molecule has 0 heterocycles. The summed E-state index contributed by atoms with van der Waals surface area (Å²) < 4.78 is 0. The molecule has 0 bridgehead atoms. The van der Waals surface area contributed by atoms with Crippen molar-refractivity contribution in [2.45, 2.75) is 53.4 Å². The molecule has 21 heavy (non-hydrogen) atoms. The molecule has 0 N–H and O–H groups in total. The second-order valence-corrected chi connectivity index (χ2v) is 5.86. The van der Waals surface area contributed by atoms with Gasteiger partial charge in [0.15, 0.2) is 0 Å². The molecular formula is C18H28Cl2Zr. The first-order valence-corrected chi connectivity index (χ1v) is 7.09. The van der Waals surface area contributed by atoms with E-state index in [1.807, 2.05) is 0 Å². The van der Waals surface area contributed by atoms with Crippen molar-refractivity contribution in [1.29, 1.82) is 0 Å². The summed E-state index contributed by atoms with van der Waals surface area (Å²) in [6, 6.07) is 0. The average Bonchev–Trinajstić information content (AvgIpc) is 2.90. The van der Waals surface area contributed by atoms with Crippen molar-refractivity contribution in [2.75, 3.05) is 0 Å². The van der Waals surface area contributed by atoms with E-state index < -0.39 is 0 Å². The minimum Gasteiger partial charge on any atom is -0.273 e. The fraction of sp³-hybridized carbons (Fsp3) is 0.556. The first-order chi connectivity index (χ1) is 8.58. The Kier molecular flexibility index (Phi) is 19.2. The number of rotatable bonds is 4. The van der Waals surface area contributed by atoms with Crippen LogP contribution in [0.15, 0.2) is 35.5 Å². The van der Waals surface area contributed by atoms with Crippen molar-refractivity contribution in [3.63, 3.8) is 0 Å². The molecule has 0 aromatic rings. The summed E-state index contributed by atoms with van der Waals surface area (Å²) in [7, 11) is 0. The summed E-state index contributed by atoms with van der Waals surface area (Å²) >= 11 is 0. The predicted octanol–water partition coefficient (Wildman–Crippen LogP) is 6.29. The normalized spacial score (nSPS) is 14.6. The smallest absolute Gasteiger partial charge is 0.273 e. The zero-order valence-electron chi connectivity index (χ0n) is 13.6. The van der Waals surface area contributed by atoms with Gasteiger partial charge >= 0.3 is 26.2 Å². The molecule has 118 valence electrons. The third kappa shape index (κ3) is 13.8. The Balaban J connectivity index is -0.000000270. The van der Waals surface area contributed by atoms with Crippen molar-refractivity contribution < 1.29 is 26.2 Å². The molecule has 0 atom stereocenters. The summed E-state index contributed by atoms with van der Waals surface area (Å²) in [6.45, 7) is 8.97. The van der Waals surface area contributed by atoms with Gasteiger partial charge in [0.05, 0.1) is 0 Å². The first-order valence-electron chi connectivity index (χ1n) is 7.09. The molecule has 0 radical (unpaired) electrons. The van der Waals surface area contributed by atoms with Gasteiger partial charge < -0.3 is 0 Å². The third-order valence-corrected chi connectivity index (χ3v) is 2.83. The molecule has 3 heteroatoms. The molecule has 0 unspecified atom stereocenters. The van der Waals surface area contributed by atoms with Crippen LogP contribution in [0, 0.1) is 24.0 Å². The molecule has 0 aliphatic heterocycles. The van der Waals surface area contributed by atoms with Crippen LogP contribution in [0.1, 0.15) is 53.4 Å². The van der Waals surface area contributed by atoms with Gasteiger partial charge in [-0.15, -0.1) is 37.7 Å². The third-order valence-electron chi connectivity index (χ3n) is 2.83. The number of hydrogen-bond acceptors (Lipinski definition) is 0. The van der Waals surface area contributed by atoms with Crippen molar-refractivity contribution in [2.24, 2.45) is 11.8 Å². The Labute approximate surface area is 163 Å².